The summed E-state index contributed by atoms with van der Waals surface area (Å²) < 4.78 is 15.5. The van der Waals surface area contributed by atoms with Crippen LogP contribution < -0.4 is 15.5 Å². The van der Waals surface area contributed by atoms with Crippen LogP contribution in [-0.4, -0.2) is 23.4 Å². The van der Waals surface area contributed by atoms with Gasteiger partial charge in [-0.1, -0.05) is 62.2 Å². The van der Waals surface area contributed by atoms with Crippen molar-refractivity contribution in [3.63, 3.8) is 0 Å². The van der Waals surface area contributed by atoms with Crippen LogP contribution in [0.2, 0.25) is 10.0 Å². The highest BCUT2D eigenvalue weighted by atomic mass is 35.5. The Labute approximate surface area is 240 Å². The second-order valence-corrected chi connectivity index (χ2v) is 12.2. The number of rotatable bonds is 4. The molecule has 8 nitrogen and oxygen atoms in total. The van der Waals surface area contributed by atoms with E-state index in [0.717, 1.165) is 4.90 Å². The van der Waals surface area contributed by atoms with Crippen molar-refractivity contribution in [2.45, 2.75) is 38.6 Å². The van der Waals surface area contributed by atoms with Gasteiger partial charge in [0.25, 0.3) is 5.69 Å². The Morgan fingerprint density at radius 3 is 2.52 bits per heavy atom. The van der Waals surface area contributed by atoms with Crippen molar-refractivity contribution in [2.24, 2.45) is 11.3 Å². The predicted octanol–water partition coefficient (Wildman–Crippen LogP) is 7.25. The fourth-order valence-corrected chi connectivity index (χ4v) is 6.41. The van der Waals surface area contributed by atoms with E-state index >= 15 is 4.39 Å². The lowest BCUT2D eigenvalue weighted by molar-refractivity contribution is -0.384. The number of imide groups is 1. The smallest absolute Gasteiger partial charge is 0.308 e. The Bertz CT molecular complexity index is 1530. The number of nitrogens with zero attached hydrogens (tertiary/aromatic N) is 2. The van der Waals surface area contributed by atoms with Gasteiger partial charge in [-0.15, -0.1) is 0 Å². The Morgan fingerprint density at radius 2 is 1.88 bits per heavy atom. The molecular formula is C29H27Cl2FN4O4. The molecule has 3 aromatic carbocycles. The molecule has 0 bridgehead atoms. The van der Waals surface area contributed by atoms with Crippen molar-refractivity contribution in [1.29, 1.82) is 0 Å². The van der Waals surface area contributed by atoms with Gasteiger partial charge < -0.3 is 10.6 Å². The molecule has 2 aliphatic rings. The highest BCUT2D eigenvalue weighted by Crippen LogP contribution is 2.58. The summed E-state index contributed by atoms with van der Waals surface area (Å²) in [7, 11) is 0. The molecule has 1 saturated heterocycles. The molecule has 1 spiro atoms. The van der Waals surface area contributed by atoms with Crippen LogP contribution in [0.5, 0.6) is 0 Å². The minimum absolute atomic E-state index is 0.0664. The van der Waals surface area contributed by atoms with Crippen LogP contribution in [0.15, 0.2) is 60.7 Å². The summed E-state index contributed by atoms with van der Waals surface area (Å²) in [4.78, 5) is 39.9. The molecule has 2 heterocycles. The van der Waals surface area contributed by atoms with Crippen molar-refractivity contribution in [3.8, 4) is 0 Å². The van der Waals surface area contributed by atoms with E-state index in [1.165, 1.54) is 30.3 Å². The van der Waals surface area contributed by atoms with E-state index in [2.05, 4.69) is 31.4 Å². The minimum atomic E-state index is -1.34. The van der Waals surface area contributed by atoms with Gasteiger partial charge in [-0.3, -0.25) is 14.9 Å². The number of benzene rings is 3. The zero-order chi connectivity index (χ0) is 29.0. The third-order valence-corrected chi connectivity index (χ3v) is 8.08. The molecule has 2 N–H and O–H groups in total. The number of hydrogen-bond acceptors (Lipinski definition) is 5. The van der Waals surface area contributed by atoms with Crippen LogP contribution in [0, 0.1) is 27.3 Å². The highest BCUT2D eigenvalue weighted by molar-refractivity contribution is 6.32. The average molecular weight is 585 g/mol. The van der Waals surface area contributed by atoms with E-state index < -0.39 is 34.1 Å². The summed E-state index contributed by atoms with van der Waals surface area (Å²) in [5, 5.41) is 17.3. The normalized spacial score (nSPS) is 22.1. The number of fused-ring (bicyclic) bond motifs is 2. The van der Waals surface area contributed by atoms with E-state index in [-0.39, 0.29) is 33.3 Å². The van der Waals surface area contributed by atoms with Crippen molar-refractivity contribution in [3.05, 3.63) is 97.8 Å². The molecule has 3 aromatic rings. The van der Waals surface area contributed by atoms with Gasteiger partial charge in [0.05, 0.1) is 21.7 Å². The molecule has 3 atom stereocenters. The summed E-state index contributed by atoms with van der Waals surface area (Å²) in [5.74, 6) is -1.46. The quantitative estimate of drug-likeness (QED) is 0.248. The molecule has 3 amide bonds. The largest absolute Gasteiger partial charge is 0.333 e. The first-order valence-corrected chi connectivity index (χ1v) is 13.5. The van der Waals surface area contributed by atoms with Gasteiger partial charge >= 0.3 is 6.03 Å². The number of nitro benzene ring substituents is 1. The first kappa shape index (κ1) is 28.0. The van der Waals surface area contributed by atoms with Gasteiger partial charge in [0.1, 0.15) is 11.2 Å². The maximum absolute atomic E-state index is 15.5. The van der Waals surface area contributed by atoms with E-state index in [9.17, 15) is 19.7 Å². The van der Waals surface area contributed by atoms with Crippen LogP contribution in [0.3, 0.4) is 0 Å². The van der Waals surface area contributed by atoms with Gasteiger partial charge in [-0.2, -0.15) is 0 Å². The Balaban J connectivity index is 1.65. The maximum atomic E-state index is 15.5. The van der Waals surface area contributed by atoms with E-state index in [1.807, 2.05) is 0 Å². The minimum Gasteiger partial charge on any atom is -0.308 e. The van der Waals surface area contributed by atoms with Crippen molar-refractivity contribution < 1.29 is 18.9 Å². The van der Waals surface area contributed by atoms with Gasteiger partial charge in [0.2, 0.25) is 5.91 Å². The number of anilines is 2. The SMILES string of the molecule is CC(C)(C)C[C@@H]1CN[C@H](c2cccc(Cl)c2F)[C@@]12C(=O)N(C(=O)Nc1ccc([N+](=O)[O-])cc1)c1cc(Cl)ccc12. The monoisotopic (exact) mass is 584 g/mol. The molecule has 11 heteroatoms. The Hall–Kier alpha value is -3.53. The summed E-state index contributed by atoms with van der Waals surface area (Å²) in [5.41, 5.74) is -0.318. The lowest BCUT2D eigenvalue weighted by atomic mass is 9.63. The summed E-state index contributed by atoms with van der Waals surface area (Å²) >= 11 is 12.5. The van der Waals surface area contributed by atoms with Crippen molar-refractivity contribution in [1.82, 2.24) is 5.32 Å². The zero-order valence-corrected chi connectivity index (χ0v) is 23.5. The standard InChI is InChI=1S/C29H27Cl2FN4O4/c1-28(2,3)14-16-15-33-25(20-5-4-6-22(31)24(20)32)29(16)21-12-7-17(30)13-23(21)35(26(29)37)27(38)34-18-8-10-19(11-9-18)36(39)40/h4-13,16,25,33H,14-15H2,1-3H3,(H,34,38)/t16-,25-,29-/m1/s1. The predicted molar refractivity (Wildman–Crippen MR) is 152 cm³/mol. The molecule has 0 radical (unpaired) electrons. The van der Waals surface area contributed by atoms with Gasteiger partial charge in [0, 0.05) is 35.0 Å². The highest BCUT2D eigenvalue weighted by Gasteiger charge is 2.65. The number of carbonyl (C=O) groups excluding carboxylic acids is 2. The number of hydrogen-bond donors (Lipinski definition) is 2. The number of nitro groups is 1. The summed E-state index contributed by atoms with van der Waals surface area (Å²) in [6.45, 7) is 6.60. The molecule has 0 aliphatic carbocycles. The van der Waals surface area contributed by atoms with Crippen LogP contribution in [0.25, 0.3) is 0 Å². The van der Waals surface area contributed by atoms with Crippen molar-refractivity contribution in [2.75, 3.05) is 16.8 Å². The van der Waals surface area contributed by atoms with Crippen molar-refractivity contribution >= 4 is 52.2 Å². The van der Waals surface area contributed by atoms with Crippen LogP contribution in [-0.2, 0) is 10.2 Å². The number of amides is 3. The van der Waals surface area contributed by atoms with E-state index in [4.69, 9.17) is 23.2 Å². The second kappa shape index (κ2) is 10.1. The molecule has 208 valence electrons. The second-order valence-electron chi connectivity index (χ2n) is 11.4. The maximum Gasteiger partial charge on any atom is 0.333 e. The Morgan fingerprint density at radius 1 is 1.18 bits per heavy atom. The summed E-state index contributed by atoms with van der Waals surface area (Å²) in [6.07, 6.45) is 0.601. The molecule has 1 fully saturated rings. The lowest BCUT2D eigenvalue weighted by Gasteiger charge is -2.38. The summed E-state index contributed by atoms with van der Waals surface area (Å²) in [6, 6.07) is 13.3. The molecule has 2 aliphatic heterocycles. The fraction of sp³-hybridized carbons (Fsp3) is 0.310. The Kier molecular flexibility index (Phi) is 7.10. The molecule has 40 heavy (non-hydrogen) atoms. The average Bonchev–Trinajstić information content (AvgIpc) is 3.35. The van der Waals surface area contributed by atoms with Crippen LogP contribution in [0.4, 0.5) is 26.2 Å². The van der Waals surface area contributed by atoms with Gasteiger partial charge in [-0.05, 0) is 53.6 Å². The number of carbonyl (C=O) groups is 2. The van der Waals surface area contributed by atoms with Gasteiger partial charge in [0.15, 0.2) is 0 Å². The third kappa shape index (κ3) is 4.62. The number of non-ortho nitro benzene ring substituents is 1. The van der Waals surface area contributed by atoms with Gasteiger partial charge in [-0.25, -0.2) is 14.1 Å². The molecular weight excluding hydrogens is 558 g/mol. The fourth-order valence-electron chi connectivity index (χ4n) is 6.06. The van der Waals surface area contributed by atoms with E-state index in [1.54, 1.807) is 30.3 Å². The topological polar surface area (TPSA) is 105 Å². The molecule has 0 unspecified atom stereocenters. The molecule has 5 rings (SSSR count). The first-order valence-electron chi connectivity index (χ1n) is 12.7. The molecule has 0 saturated carbocycles. The number of nitrogens with one attached hydrogen (secondary N) is 2. The first-order chi connectivity index (χ1) is 18.8. The number of urea groups is 1. The molecule has 0 aromatic heterocycles. The zero-order valence-electron chi connectivity index (χ0n) is 22.0. The van der Waals surface area contributed by atoms with E-state index in [0.29, 0.717) is 29.2 Å². The van der Waals surface area contributed by atoms with Crippen LogP contribution >= 0.6 is 23.2 Å². The third-order valence-electron chi connectivity index (χ3n) is 7.55. The van der Waals surface area contributed by atoms with Crippen LogP contribution in [0.1, 0.15) is 44.4 Å². The lowest BCUT2D eigenvalue weighted by Crippen LogP contribution is -2.50. The number of halogens is 3.